The molecule has 0 bridgehead atoms. The molecule has 1 aromatic carbocycles. The van der Waals surface area contributed by atoms with Crippen LogP contribution in [-0.4, -0.2) is 47.3 Å². The van der Waals surface area contributed by atoms with Gasteiger partial charge in [-0.3, -0.25) is 9.69 Å². The number of nitrogens with one attached hydrogen (secondary N) is 1. The second kappa shape index (κ2) is 6.44. The number of carbonyl (C=O) groups is 1. The summed E-state index contributed by atoms with van der Waals surface area (Å²) < 4.78 is 38.1. The molecular formula is C14H16ClF3N2O2. The number of aliphatic hydroxyl groups is 1. The third-order valence-electron chi connectivity index (χ3n) is 3.73. The molecule has 8 heteroatoms. The predicted molar refractivity (Wildman–Crippen MR) is 76.8 cm³/mol. The molecule has 0 aromatic heterocycles. The van der Waals surface area contributed by atoms with Crippen molar-refractivity contribution in [2.45, 2.75) is 24.6 Å². The number of benzene rings is 1. The van der Waals surface area contributed by atoms with E-state index in [-0.39, 0.29) is 25.5 Å². The molecule has 22 heavy (non-hydrogen) atoms. The van der Waals surface area contributed by atoms with Crippen molar-refractivity contribution >= 4 is 23.2 Å². The molecule has 0 unspecified atom stereocenters. The summed E-state index contributed by atoms with van der Waals surface area (Å²) in [6, 6.07) is 6.70. The topological polar surface area (TPSA) is 52.6 Å². The number of anilines is 1. The number of nitrogens with zero attached hydrogens (tertiary/aromatic N) is 1. The Hall–Kier alpha value is -1.31. The minimum Gasteiger partial charge on any atom is -0.380 e. The molecule has 1 amide bonds. The highest BCUT2D eigenvalue weighted by Gasteiger charge is 2.54. The van der Waals surface area contributed by atoms with Crippen LogP contribution in [0.3, 0.4) is 0 Å². The minimum atomic E-state index is -4.64. The predicted octanol–water partition coefficient (Wildman–Crippen LogP) is 2.67. The van der Waals surface area contributed by atoms with Crippen LogP contribution in [0.4, 0.5) is 18.9 Å². The van der Waals surface area contributed by atoms with Gasteiger partial charge in [0.2, 0.25) is 5.91 Å². The molecule has 0 atom stereocenters. The van der Waals surface area contributed by atoms with Crippen LogP contribution in [0.1, 0.15) is 12.8 Å². The SMILES string of the molecule is O=C(CN1CCC(O)(C(F)(F)F)CC1)Nc1ccccc1Cl. The summed E-state index contributed by atoms with van der Waals surface area (Å²) in [6.45, 7) is -0.0307. The number of hydrogen-bond donors (Lipinski definition) is 2. The summed E-state index contributed by atoms with van der Waals surface area (Å²) in [4.78, 5) is 13.5. The Morgan fingerprint density at radius 2 is 1.91 bits per heavy atom. The molecule has 0 spiro atoms. The number of piperidine rings is 1. The second-order valence-corrected chi connectivity index (χ2v) is 5.74. The first kappa shape index (κ1) is 17.1. The van der Waals surface area contributed by atoms with Gasteiger partial charge in [0.1, 0.15) is 0 Å². The van der Waals surface area contributed by atoms with Gasteiger partial charge in [0.15, 0.2) is 5.60 Å². The summed E-state index contributed by atoms with van der Waals surface area (Å²) in [6.07, 6.45) is -5.51. The van der Waals surface area contributed by atoms with E-state index in [0.717, 1.165) is 0 Å². The van der Waals surface area contributed by atoms with Gasteiger partial charge in [-0.15, -0.1) is 0 Å². The van der Waals surface area contributed by atoms with Crippen LogP contribution >= 0.6 is 11.6 Å². The van der Waals surface area contributed by atoms with Crippen molar-refractivity contribution in [3.05, 3.63) is 29.3 Å². The average Bonchev–Trinajstić information content (AvgIpc) is 2.43. The van der Waals surface area contributed by atoms with Crippen molar-refractivity contribution in [2.24, 2.45) is 0 Å². The van der Waals surface area contributed by atoms with Gasteiger partial charge in [-0.05, 0) is 25.0 Å². The number of rotatable bonds is 3. The normalized spacial score (nSPS) is 19.0. The van der Waals surface area contributed by atoms with Crippen LogP contribution in [0, 0.1) is 0 Å². The van der Waals surface area contributed by atoms with Crippen LogP contribution in [0.2, 0.25) is 5.02 Å². The molecular weight excluding hydrogens is 321 g/mol. The molecule has 0 radical (unpaired) electrons. The highest BCUT2D eigenvalue weighted by molar-refractivity contribution is 6.33. The molecule has 1 heterocycles. The summed E-state index contributed by atoms with van der Waals surface area (Å²) in [7, 11) is 0. The quantitative estimate of drug-likeness (QED) is 0.892. The van der Waals surface area contributed by atoms with E-state index in [1.54, 1.807) is 29.2 Å². The number of hydrogen-bond acceptors (Lipinski definition) is 3. The molecule has 1 aromatic rings. The van der Waals surface area contributed by atoms with Crippen molar-refractivity contribution in [3.8, 4) is 0 Å². The lowest BCUT2D eigenvalue weighted by Gasteiger charge is -2.38. The fourth-order valence-corrected chi connectivity index (χ4v) is 2.50. The molecule has 0 saturated carbocycles. The Kier molecular flexibility index (Phi) is 4.99. The first-order valence-corrected chi connectivity index (χ1v) is 7.15. The summed E-state index contributed by atoms with van der Waals surface area (Å²) in [5.41, 5.74) is -2.19. The molecule has 1 aliphatic heterocycles. The molecule has 1 fully saturated rings. The van der Waals surface area contributed by atoms with Crippen molar-refractivity contribution in [2.75, 3.05) is 25.0 Å². The first-order chi connectivity index (χ1) is 10.2. The van der Waals surface area contributed by atoms with E-state index < -0.39 is 24.6 Å². The van der Waals surface area contributed by atoms with E-state index in [4.69, 9.17) is 11.6 Å². The Labute approximate surface area is 130 Å². The van der Waals surface area contributed by atoms with Crippen LogP contribution in [-0.2, 0) is 4.79 Å². The highest BCUT2D eigenvalue weighted by Crippen LogP contribution is 2.38. The number of para-hydroxylation sites is 1. The van der Waals surface area contributed by atoms with Crippen molar-refractivity contribution in [1.82, 2.24) is 4.90 Å². The van der Waals surface area contributed by atoms with E-state index >= 15 is 0 Å². The molecule has 122 valence electrons. The van der Waals surface area contributed by atoms with Gasteiger partial charge in [-0.25, -0.2) is 0 Å². The van der Waals surface area contributed by atoms with Gasteiger partial charge in [0.05, 0.1) is 17.3 Å². The first-order valence-electron chi connectivity index (χ1n) is 6.77. The molecule has 2 N–H and O–H groups in total. The van der Waals surface area contributed by atoms with Crippen LogP contribution in [0.25, 0.3) is 0 Å². The standard InChI is InChI=1S/C14H16ClF3N2O2/c15-10-3-1-2-4-11(10)19-12(21)9-20-7-5-13(22,6-8-20)14(16,17)18/h1-4,22H,5-9H2,(H,19,21). The maximum atomic E-state index is 12.7. The fourth-order valence-electron chi connectivity index (χ4n) is 2.32. The van der Waals surface area contributed by atoms with Crippen LogP contribution in [0.5, 0.6) is 0 Å². The van der Waals surface area contributed by atoms with Crippen molar-refractivity contribution in [1.29, 1.82) is 0 Å². The molecule has 0 aliphatic carbocycles. The second-order valence-electron chi connectivity index (χ2n) is 5.33. The summed E-state index contributed by atoms with van der Waals surface area (Å²) in [5, 5.41) is 12.6. The molecule has 1 saturated heterocycles. The van der Waals surface area contributed by atoms with E-state index in [2.05, 4.69) is 5.32 Å². The van der Waals surface area contributed by atoms with Crippen molar-refractivity contribution in [3.63, 3.8) is 0 Å². The van der Waals surface area contributed by atoms with Gasteiger partial charge in [0, 0.05) is 13.1 Å². The van der Waals surface area contributed by atoms with Gasteiger partial charge in [-0.2, -0.15) is 13.2 Å². The summed E-state index contributed by atoms with van der Waals surface area (Å²) >= 11 is 5.91. The van der Waals surface area contributed by atoms with Crippen LogP contribution < -0.4 is 5.32 Å². The van der Waals surface area contributed by atoms with Gasteiger partial charge in [0.25, 0.3) is 0 Å². The van der Waals surface area contributed by atoms with Crippen LogP contribution in [0.15, 0.2) is 24.3 Å². The third kappa shape index (κ3) is 3.91. The monoisotopic (exact) mass is 336 g/mol. The Bertz CT molecular complexity index is 543. The Balaban J connectivity index is 1.86. The molecule has 2 rings (SSSR count). The fraction of sp³-hybridized carbons (Fsp3) is 0.500. The zero-order valence-electron chi connectivity index (χ0n) is 11.7. The van der Waals surface area contributed by atoms with E-state index in [1.807, 2.05) is 0 Å². The van der Waals surface area contributed by atoms with E-state index in [9.17, 15) is 23.1 Å². The summed E-state index contributed by atoms with van der Waals surface area (Å²) in [5.74, 6) is -0.356. The van der Waals surface area contributed by atoms with Gasteiger partial charge >= 0.3 is 6.18 Å². The number of alkyl halides is 3. The zero-order valence-corrected chi connectivity index (χ0v) is 12.4. The van der Waals surface area contributed by atoms with Gasteiger partial charge in [-0.1, -0.05) is 23.7 Å². The maximum absolute atomic E-state index is 12.7. The van der Waals surface area contributed by atoms with Gasteiger partial charge < -0.3 is 10.4 Å². The van der Waals surface area contributed by atoms with E-state index in [0.29, 0.717) is 10.7 Å². The third-order valence-corrected chi connectivity index (χ3v) is 4.06. The Morgan fingerprint density at radius 3 is 2.45 bits per heavy atom. The number of amides is 1. The lowest BCUT2D eigenvalue weighted by Crippen LogP contribution is -2.54. The lowest BCUT2D eigenvalue weighted by molar-refractivity contribution is -0.272. The highest BCUT2D eigenvalue weighted by atomic mass is 35.5. The number of halogens is 4. The maximum Gasteiger partial charge on any atom is 0.417 e. The minimum absolute atomic E-state index is 0.00590. The number of carbonyl (C=O) groups excluding carboxylic acids is 1. The largest absolute Gasteiger partial charge is 0.417 e. The number of likely N-dealkylation sites (tertiary alicyclic amines) is 1. The molecule has 1 aliphatic rings. The lowest BCUT2D eigenvalue weighted by atomic mass is 9.91. The van der Waals surface area contributed by atoms with Crippen molar-refractivity contribution < 1.29 is 23.1 Å². The average molecular weight is 337 g/mol. The zero-order chi connectivity index (χ0) is 16.4. The molecule has 4 nitrogen and oxygen atoms in total. The smallest absolute Gasteiger partial charge is 0.380 e. The Morgan fingerprint density at radius 1 is 1.32 bits per heavy atom. The van der Waals surface area contributed by atoms with E-state index in [1.165, 1.54) is 0 Å².